The fourth-order valence-corrected chi connectivity index (χ4v) is 3.64. The SMILES string of the molecule is CCOC(=O)NC(CNC(=NC)N1CCOC(C2CCCO2)C1)CC(C)C.I. The van der Waals surface area contributed by atoms with Crippen molar-refractivity contribution in [2.75, 3.05) is 46.5 Å². The van der Waals surface area contributed by atoms with E-state index in [2.05, 4.69) is 34.4 Å². The number of guanidine groups is 1. The first-order valence-electron chi connectivity index (χ1n) is 10.2. The fraction of sp³-hybridized carbons (Fsp3) is 0.895. The van der Waals surface area contributed by atoms with Gasteiger partial charge in [0.2, 0.25) is 0 Å². The van der Waals surface area contributed by atoms with E-state index in [-0.39, 0.29) is 48.3 Å². The van der Waals surface area contributed by atoms with Gasteiger partial charge in [0.05, 0.1) is 19.3 Å². The molecule has 1 amide bonds. The normalized spacial score (nSPS) is 23.9. The van der Waals surface area contributed by atoms with Crippen LogP contribution in [0.2, 0.25) is 0 Å². The highest BCUT2D eigenvalue weighted by atomic mass is 127. The van der Waals surface area contributed by atoms with Gasteiger partial charge in [0.15, 0.2) is 5.96 Å². The Hall–Kier alpha value is -0.810. The third-order valence-electron chi connectivity index (χ3n) is 4.84. The van der Waals surface area contributed by atoms with E-state index in [0.29, 0.717) is 25.7 Å². The number of carbonyl (C=O) groups is 1. The summed E-state index contributed by atoms with van der Waals surface area (Å²) in [7, 11) is 1.79. The minimum Gasteiger partial charge on any atom is -0.450 e. The first kappa shape index (κ1) is 25.2. The van der Waals surface area contributed by atoms with Crippen molar-refractivity contribution in [3.63, 3.8) is 0 Å². The molecule has 164 valence electrons. The Morgan fingerprint density at radius 2 is 2.04 bits per heavy atom. The Bertz CT molecular complexity index is 487. The van der Waals surface area contributed by atoms with Crippen molar-refractivity contribution < 1.29 is 19.0 Å². The minimum atomic E-state index is -0.371. The van der Waals surface area contributed by atoms with Crippen LogP contribution in [0.1, 0.15) is 40.0 Å². The van der Waals surface area contributed by atoms with E-state index in [0.717, 1.165) is 44.9 Å². The summed E-state index contributed by atoms with van der Waals surface area (Å²) in [6.45, 7) is 10.1. The molecule has 0 aromatic carbocycles. The van der Waals surface area contributed by atoms with E-state index >= 15 is 0 Å². The number of aliphatic imine (C=N–C) groups is 1. The summed E-state index contributed by atoms with van der Waals surface area (Å²) in [6, 6.07) is -0.0178. The second-order valence-electron chi connectivity index (χ2n) is 7.53. The Kier molecular flexibility index (Phi) is 12.1. The van der Waals surface area contributed by atoms with Gasteiger partial charge in [0.25, 0.3) is 0 Å². The Labute approximate surface area is 186 Å². The summed E-state index contributed by atoms with van der Waals surface area (Å²) >= 11 is 0. The van der Waals surface area contributed by atoms with Crippen molar-refractivity contribution in [2.45, 2.75) is 58.3 Å². The van der Waals surface area contributed by atoms with Gasteiger partial charge in [-0.05, 0) is 32.1 Å². The van der Waals surface area contributed by atoms with Crippen LogP contribution >= 0.6 is 24.0 Å². The lowest BCUT2D eigenvalue weighted by atomic mass is 10.0. The molecular formula is C19H37IN4O4. The van der Waals surface area contributed by atoms with Gasteiger partial charge in [-0.25, -0.2) is 4.79 Å². The minimum absolute atomic E-state index is 0. The zero-order chi connectivity index (χ0) is 19.6. The highest BCUT2D eigenvalue weighted by Crippen LogP contribution is 2.21. The molecule has 8 nitrogen and oxygen atoms in total. The third-order valence-corrected chi connectivity index (χ3v) is 4.84. The van der Waals surface area contributed by atoms with Crippen molar-refractivity contribution >= 4 is 36.0 Å². The van der Waals surface area contributed by atoms with E-state index in [9.17, 15) is 4.79 Å². The summed E-state index contributed by atoms with van der Waals surface area (Å²) < 4.78 is 16.7. The molecule has 2 aliphatic rings. The van der Waals surface area contributed by atoms with Crippen molar-refractivity contribution in [2.24, 2.45) is 10.9 Å². The highest BCUT2D eigenvalue weighted by molar-refractivity contribution is 14.0. The summed E-state index contributed by atoms with van der Waals surface area (Å²) in [5, 5.41) is 6.36. The molecular weight excluding hydrogens is 475 g/mol. The molecule has 3 unspecified atom stereocenters. The molecule has 0 aromatic rings. The summed E-state index contributed by atoms with van der Waals surface area (Å²) in [4.78, 5) is 18.5. The molecule has 28 heavy (non-hydrogen) atoms. The van der Waals surface area contributed by atoms with Gasteiger partial charge in [0.1, 0.15) is 6.10 Å². The van der Waals surface area contributed by atoms with E-state index in [1.54, 1.807) is 14.0 Å². The van der Waals surface area contributed by atoms with E-state index in [1.165, 1.54) is 0 Å². The highest BCUT2D eigenvalue weighted by Gasteiger charge is 2.32. The smallest absolute Gasteiger partial charge is 0.407 e. The molecule has 2 rings (SSSR count). The van der Waals surface area contributed by atoms with Crippen LogP contribution in [0.15, 0.2) is 4.99 Å². The van der Waals surface area contributed by atoms with Gasteiger partial charge in [-0.3, -0.25) is 4.99 Å². The molecule has 2 fully saturated rings. The van der Waals surface area contributed by atoms with Gasteiger partial charge < -0.3 is 29.7 Å². The van der Waals surface area contributed by atoms with Gasteiger partial charge in [-0.1, -0.05) is 13.8 Å². The van der Waals surface area contributed by atoms with Crippen LogP contribution in [-0.4, -0.2) is 81.7 Å². The first-order chi connectivity index (χ1) is 13.0. The summed E-state index contributed by atoms with van der Waals surface area (Å²) in [5.74, 6) is 1.30. The summed E-state index contributed by atoms with van der Waals surface area (Å²) in [5.41, 5.74) is 0. The van der Waals surface area contributed by atoms with Crippen molar-refractivity contribution in [1.82, 2.24) is 15.5 Å². The van der Waals surface area contributed by atoms with Crippen LogP contribution in [0.5, 0.6) is 0 Å². The molecule has 2 heterocycles. The van der Waals surface area contributed by atoms with Crippen molar-refractivity contribution in [3.8, 4) is 0 Å². The lowest BCUT2D eigenvalue weighted by Crippen LogP contribution is -2.55. The molecule has 2 aliphatic heterocycles. The number of alkyl carbamates (subject to hydrolysis) is 1. The Morgan fingerprint density at radius 3 is 2.64 bits per heavy atom. The van der Waals surface area contributed by atoms with Gasteiger partial charge >= 0.3 is 6.09 Å². The number of carbonyl (C=O) groups excluding carboxylic acids is 1. The number of ether oxygens (including phenoxy) is 3. The topological polar surface area (TPSA) is 84.4 Å². The van der Waals surface area contributed by atoms with Gasteiger partial charge in [-0.15, -0.1) is 24.0 Å². The number of nitrogens with zero attached hydrogens (tertiary/aromatic N) is 2. The fourth-order valence-electron chi connectivity index (χ4n) is 3.64. The number of hydrogen-bond donors (Lipinski definition) is 2. The van der Waals surface area contributed by atoms with Crippen LogP contribution in [0.25, 0.3) is 0 Å². The van der Waals surface area contributed by atoms with E-state index in [1.807, 2.05) is 0 Å². The maximum absolute atomic E-state index is 11.8. The standard InChI is InChI=1S/C19H36N4O4.HI/c1-5-25-19(24)22-15(11-14(2)3)12-21-18(20-4)23-8-10-27-17(13-23)16-7-6-9-26-16;/h14-17H,5-13H2,1-4H3,(H,20,21)(H,22,24);1H. The van der Waals surface area contributed by atoms with Gasteiger partial charge in [-0.2, -0.15) is 0 Å². The Balaban J connectivity index is 0.00000392. The number of rotatable bonds is 7. The largest absolute Gasteiger partial charge is 0.450 e. The van der Waals surface area contributed by atoms with E-state index < -0.39 is 0 Å². The maximum Gasteiger partial charge on any atom is 0.407 e. The number of halogens is 1. The monoisotopic (exact) mass is 512 g/mol. The molecule has 0 saturated carbocycles. The van der Waals surface area contributed by atoms with Crippen molar-refractivity contribution in [1.29, 1.82) is 0 Å². The number of hydrogen-bond acceptors (Lipinski definition) is 5. The quantitative estimate of drug-likeness (QED) is 0.309. The molecule has 0 bridgehead atoms. The van der Waals surface area contributed by atoms with Crippen LogP contribution < -0.4 is 10.6 Å². The van der Waals surface area contributed by atoms with Crippen LogP contribution in [0, 0.1) is 5.92 Å². The predicted octanol–water partition coefficient (Wildman–Crippen LogP) is 2.22. The summed E-state index contributed by atoms with van der Waals surface area (Å²) in [6.07, 6.45) is 2.93. The zero-order valence-corrected chi connectivity index (χ0v) is 19.9. The Morgan fingerprint density at radius 1 is 1.29 bits per heavy atom. The third kappa shape index (κ3) is 8.28. The molecule has 0 aromatic heterocycles. The number of morpholine rings is 1. The van der Waals surface area contributed by atoms with Crippen LogP contribution in [-0.2, 0) is 14.2 Å². The van der Waals surface area contributed by atoms with Crippen LogP contribution in [0.4, 0.5) is 4.79 Å². The average molecular weight is 512 g/mol. The van der Waals surface area contributed by atoms with Crippen LogP contribution in [0.3, 0.4) is 0 Å². The number of amides is 1. The van der Waals surface area contributed by atoms with Gasteiger partial charge in [0, 0.05) is 39.3 Å². The molecule has 3 atom stereocenters. The zero-order valence-electron chi connectivity index (χ0n) is 17.6. The van der Waals surface area contributed by atoms with Crippen molar-refractivity contribution in [3.05, 3.63) is 0 Å². The lowest BCUT2D eigenvalue weighted by molar-refractivity contribution is -0.0817. The second-order valence-corrected chi connectivity index (χ2v) is 7.53. The number of nitrogens with one attached hydrogen (secondary N) is 2. The average Bonchev–Trinajstić information content (AvgIpc) is 3.17. The molecule has 2 N–H and O–H groups in total. The first-order valence-corrected chi connectivity index (χ1v) is 10.2. The molecule has 2 saturated heterocycles. The molecule has 9 heteroatoms. The predicted molar refractivity (Wildman–Crippen MR) is 120 cm³/mol. The lowest BCUT2D eigenvalue weighted by Gasteiger charge is -2.37. The molecule has 0 aliphatic carbocycles. The maximum atomic E-state index is 11.8. The molecule has 0 radical (unpaired) electrons. The molecule has 0 spiro atoms. The second kappa shape index (κ2) is 13.4. The van der Waals surface area contributed by atoms with E-state index in [4.69, 9.17) is 14.2 Å².